The van der Waals surface area contributed by atoms with E-state index in [4.69, 9.17) is 0 Å². The van der Waals surface area contributed by atoms with Crippen molar-refractivity contribution >= 4 is 23.2 Å². The number of aromatic nitrogens is 2. The zero-order chi connectivity index (χ0) is 28.6. The third-order valence-electron chi connectivity index (χ3n) is 6.91. The highest BCUT2D eigenvalue weighted by Crippen LogP contribution is 2.37. The molecule has 1 fully saturated rings. The number of nitrogens with one attached hydrogen (secondary N) is 1. The second-order valence-corrected chi connectivity index (χ2v) is 9.93. The van der Waals surface area contributed by atoms with E-state index in [1.54, 1.807) is 19.0 Å². The summed E-state index contributed by atoms with van der Waals surface area (Å²) in [5.41, 5.74) is -1.35. The molecule has 3 aromatic rings. The first-order chi connectivity index (χ1) is 18.3. The molecule has 4 rings (SSSR count). The molecule has 1 amide bonds. The summed E-state index contributed by atoms with van der Waals surface area (Å²) in [6.07, 6.45) is -2.11. The van der Waals surface area contributed by atoms with Crippen LogP contribution in [0.2, 0.25) is 0 Å². The quantitative estimate of drug-likeness (QED) is 0.438. The van der Waals surface area contributed by atoms with Crippen molar-refractivity contribution in [3.05, 3.63) is 65.5 Å². The maximum Gasteiger partial charge on any atom is 0.417 e. The van der Waals surface area contributed by atoms with Gasteiger partial charge in [-0.25, -0.2) is 18.7 Å². The van der Waals surface area contributed by atoms with Crippen LogP contribution in [0.3, 0.4) is 0 Å². The van der Waals surface area contributed by atoms with E-state index in [-0.39, 0.29) is 29.4 Å². The summed E-state index contributed by atoms with van der Waals surface area (Å²) in [6.45, 7) is 4.99. The minimum absolute atomic E-state index is 0.0599. The van der Waals surface area contributed by atoms with Crippen LogP contribution < -0.4 is 15.1 Å². The monoisotopic (exact) mass is 548 g/mol. The van der Waals surface area contributed by atoms with Gasteiger partial charge < -0.3 is 15.1 Å². The molecule has 1 aromatic heterocycles. The van der Waals surface area contributed by atoms with E-state index in [0.29, 0.717) is 30.3 Å². The molecule has 1 N–H and O–H groups in total. The molecule has 0 bridgehead atoms. The number of amides is 1. The van der Waals surface area contributed by atoms with Crippen molar-refractivity contribution < 1.29 is 26.7 Å². The van der Waals surface area contributed by atoms with Gasteiger partial charge in [0.15, 0.2) is 0 Å². The Morgan fingerprint density at radius 2 is 1.64 bits per heavy atom. The first-order valence-electron chi connectivity index (χ1n) is 12.2. The topological polar surface area (TPSA) is 64.6 Å². The lowest BCUT2D eigenvalue weighted by atomic mass is 10.0. The Labute approximate surface area is 223 Å². The van der Waals surface area contributed by atoms with Crippen LogP contribution in [0.5, 0.6) is 0 Å². The molecule has 0 spiro atoms. The van der Waals surface area contributed by atoms with E-state index < -0.39 is 34.8 Å². The molecular weight excluding hydrogens is 519 g/mol. The number of nitrogens with zero attached hydrogens (tertiary/aromatic N) is 5. The largest absolute Gasteiger partial charge is 0.417 e. The van der Waals surface area contributed by atoms with Gasteiger partial charge in [-0.1, -0.05) is 0 Å². The molecule has 0 aliphatic carbocycles. The minimum Gasteiger partial charge on any atom is -0.367 e. The third kappa shape index (κ3) is 5.95. The van der Waals surface area contributed by atoms with E-state index in [2.05, 4.69) is 20.2 Å². The van der Waals surface area contributed by atoms with Crippen LogP contribution in [0.25, 0.3) is 11.1 Å². The molecule has 2 atom stereocenters. The lowest BCUT2D eigenvalue weighted by Gasteiger charge is -2.44. The molecular formula is C27H29F5N6O. The van der Waals surface area contributed by atoms with Crippen LogP contribution >= 0.6 is 0 Å². The predicted molar refractivity (Wildman–Crippen MR) is 140 cm³/mol. The molecule has 2 heterocycles. The van der Waals surface area contributed by atoms with Crippen molar-refractivity contribution in [3.63, 3.8) is 0 Å². The number of piperazine rings is 1. The summed E-state index contributed by atoms with van der Waals surface area (Å²) >= 11 is 0. The Bertz CT molecular complexity index is 1350. The van der Waals surface area contributed by atoms with Crippen molar-refractivity contribution in [3.8, 4) is 11.1 Å². The van der Waals surface area contributed by atoms with E-state index in [1.807, 2.05) is 25.8 Å². The van der Waals surface area contributed by atoms with E-state index in [1.165, 1.54) is 24.5 Å². The molecule has 0 saturated carbocycles. The Balaban J connectivity index is 1.80. The highest BCUT2D eigenvalue weighted by molar-refractivity contribution is 6.07. The predicted octanol–water partition coefficient (Wildman–Crippen LogP) is 5.29. The van der Waals surface area contributed by atoms with Crippen LogP contribution in [-0.2, 0) is 6.18 Å². The Morgan fingerprint density at radius 3 is 2.21 bits per heavy atom. The van der Waals surface area contributed by atoms with Crippen molar-refractivity contribution in [2.45, 2.75) is 32.1 Å². The maximum atomic E-state index is 15.5. The molecule has 208 valence electrons. The van der Waals surface area contributed by atoms with Gasteiger partial charge in [-0.15, -0.1) is 0 Å². The maximum absolute atomic E-state index is 15.5. The normalized spacial score (nSPS) is 18.3. The molecule has 1 aliphatic rings. The van der Waals surface area contributed by atoms with Gasteiger partial charge in [0.05, 0.1) is 22.5 Å². The molecule has 0 unspecified atom stereocenters. The Kier molecular flexibility index (Phi) is 7.78. The number of hydrogen-bond acceptors (Lipinski definition) is 6. The van der Waals surface area contributed by atoms with Crippen LogP contribution in [0, 0.1) is 11.6 Å². The second kappa shape index (κ2) is 10.8. The lowest BCUT2D eigenvalue weighted by molar-refractivity contribution is -0.138. The van der Waals surface area contributed by atoms with E-state index >= 15 is 4.39 Å². The summed E-state index contributed by atoms with van der Waals surface area (Å²) in [4.78, 5) is 27.3. The smallest absolute Gasteiger partial charge is 0.367 e. The lowest BCUT2D eigenvalue weighted by Crippen LogP contribution is -2.55. The van der Waals surface area contributed by atoms with Crippen molar-refractivity contribution in [2.24, 2.45) is 0 Å². The van der Waals surface area contributed by atoms with E-state index in [0.717, 1.165) is 12.1 Å². The zero-order valence-electron chi connectivity index (χ0n) is 22.1. The number of benzene rings is 2. The number of carbonyl (C=O) groups is 1. The van der Waals surface area contributed by atoms with Crippen LogP contribution in [0.4, 0.5) is 39.3 Å². The first-order valence-corrected chi connectivity index (χ1v) is 12.2. The first kappa shape index (κ1) is 28.2. The fourth-order valence-corrected chi connectivity index (χ4v) is 4.58. The number of hydrogen-bond donors (Lipinski definition) is 1. The number of alkyl halides is 3. The van der Waals surface area contributed by atoms with Gasteiger partial charge in [0.25, 0.3) is 5.91 Å². The summed E-state index contributed by atoms with van der Waals surface area (Å²) < 4.78 is 70.0. The van der Waals surface area contributed by atoms with Gasteiger partial charge in [-0.2, -0.15) is 13.2 Å². The van der Waals surface area contributed by atoms with Gasteiger partial charge in [0, 0.05) is 62.8 Å². The molecule has 0 radical (unpaired) electrons. The fraction of sp³-hybridized carbons (Fsp3) is 0.370. The molecule has 1 saturated heterocycles. The number of anilines is 3. The summed E-state index contributed by atoms with van der Waals surface area (Å²) in [5.74, 6) is -2.43. The second-order valence-electron chi connectivity index (χ2n) is 9.93. The summed E-state index contributed by atoms with van der Waals surface area (Å²) in [7, 11) is 5.48. The van der Waals surface area contributed by atoms with Crippen LogP contribution in [-0.4, -0.2) is 67.1 Å². The van der Waals surface area contributed by atoms with Crippen molar-refractivity contribution in [1.29, 1.82) is 0 Å². The average molecular weight is 549 g/mol. The van der Waals surface area contributed by atoms with Gasteiger partial charge >= 0.3 is 6.18 Å². The zero-order valence-corrected chi connectivity index (χ0v) is 22.1. The molecule has 39 heavy (non-hydrogen) atoms. The molecule has 7 nitrogen and oxygen atoms in total. The van der Waals surface area contributed by atoms with Gasteiger partial charge in [0.2, 0.25) is 5.95 Å². The average Bonchev–Trinajstić information content (AvgIpc) is 2.87. The van der Waals surface area contributed by atoms with Gasteiger partial charge in [-0.05, 0) is 51.2 Å². The Hall–Kier alpha value is -3.80. The number of carbonyl (C=O) groups excluding carboxylic acids is 1. The third-order valence-corrected chi connectivity index (χ3v) is 6.91. The van der Waals surface area contributed by atoms with Gasteiger partial charge in [0.1, 0.15) is 11.6 Å². The molecule has 12 heteroatoms. The highest BCUT2D eigenvalue weighted by Gasteiger charge is 2.36. The molecule has 1 aliphatic heterocycles. The molecule has 2 aromatic carbocycles. The number of likely N-dealkylation sites (N-methyl/N-ethyl adjacent to an activating group) is 1. The summed E-state index contributed by atoms with van der Waals surface area (Å²) in [6, 6.07) is 4.63. The summed E-state index contributed by atoms with van der Waals surface area (Å²) in [5, 5.41) is 2.53. The van der Waals surface area contributed by atoms with Crippen molar-refractivity contribution in [1.82, 2.24) is 14.9 Å². The highest BCUT2D eigenvalue weighted by atomic mass is 19.4. The Morgan fingerprint density at radius 1 is 1.03 bits per heavy atom. The van der Waals surface area contributed by atoms with E-state index in [9.17, 15) is 22.4 Å². The van der Waals surface area contributed by atoms with Crippen molar-refractivity contribution in [2.75, 3.05) is 49.3 Å². The van der Waals surface area contributed by atoms with Crippen LogP contribution in [0.1, 0.15) is 29.8 Å². The number of rotatable bonds is 5. The number of halogens is 5. The standard InChI is InChI=1S/C27H29F5N6O/c1-15-13-38(14-16(2)37(15)5)24-10-22(29)20(17-11-33-26(34-12-17)36(3)4)9-23(24)35-25(39)19-7-6-18(28)8-21(19)27(30,31)32/h6-12,15-16H,13-14H2,1-5H3,(H,35,39)/t15-,16+. The fourth-order valence-electron chi connectivity index (χ4n) is 4.58. The van der Waals surface area contributed by atoms with Gasteiger partial charge in [-0.3, -0.25) is 9.69 Å². The minimum atomic E-state index is -4.96. The van der Waals surface area contributed by atoms with Crippen LogP contribution in [0.15, 0.2) is 42.7 Å². The SMILES string of the molecule is C[C@@H]1CN(c2cc(F)c(-c3cnc(N(C)C)nc3)cc2NC(=O)c2ccc(F)cc2C(F)(F)F)C[C@H](C)N1C.